The van der Waals surface area contributed by atoms with E-state index >= 15 is 0 Å². The number of nitro groups is 3. The molecule has 10 rings (SSSR count). The van der Waals surface area contributed by atoms with E-state index in [4.69, 9.17) is 54.4 Å². The molecular formula is C67H78Cl2FeIN9O13. The molecule has 498 valence electrons. The van der Waals surface area contributed by atoms with Crippen LogP contribution in [-0.2, 0) is 17.1 Å². The number of carboxylic acids is 2. The molecule has 2 saturated heterocycles. The molecule has 7 aromatic carbocycles. The number of nitrogens with two attached hydrogens (primary N) is 2. The van der Waals surface area contributed by atoms with Crippen LogP contribution in [0.25, 0.3) is 16.6 Å². The van der Waals surface area contributed by atoms with Crippen molar-refractivity contribution in [2.24, 2.45) is 0 Å². The van der Waals surface area contributed by atoms with E-state index in [2.05, 4.69) is 14.8 Å². The average molecular weight is 1470 g/mol. The second kappa shape index (κ2) is 40.0. The number of hydrogen-bond donors (Lipinski definition) is 4. The normalized spacial score (nSPS) is 12.2. The van der Waals surface area contributed by atoms with E-state index in [0.717, 1.165) is 83.2 Å². The molecule has 0 atom stereocenters. The van der Waals surface area contributed by atoms with Crippen LogP contribution in [0.5, 0.6) is 11.5 Å². The van der Waals surface area contributed by atoms with Crippen LogP contribution < -0.4 is 26.5 Å². The van der Waals surface area contributed by atoms with Crippen molar-refractivity contribution < 1.29 is 61.1 Å². The van der Waals surface area contributed by atoms with Gasteiger partial charge in [-0.15, -0.1) is 24.0 Å². The number of carboxylic acid groups (broad SMARTS) is 2. The van der Waals surface area contributed by atoms with E-state index in [1.54, 1.807) is 54.0 Å². The van der Waals surface area contributed by atoms with Crippen molar-refractivity contribution in [3.63, 3.8) is 0 Å². The summed E-state index contributed by atoms with van der Waals surface area (Å²) >= 11 is 11.2. The van der Waals surface area contributed by atoms with Crippen LogP contribution in [0.4, 0.5) is 28.4 Å². The summed E-state index contributed by atoms with van der Waals surface area (Å²) in [7, 11) is 0. The summed E-state index contributed by atoms with van der Waals surface area (Å²) in [5.74, 6) is 0.165. The van der Waals surface area contributed by atoms with Gasteiger partial charge in [-0.05, 0) is 197 Å². The van der Waals surface area contributed by atoms with E-state index in [-0.39, 0.29) is 74.8 Å². The molecule has 22 nitrogen and oxygen atoms in total. The van der Waals surface area contributed by atoms with Crippen LogP contribution in [-0.4, -0.2) is 109 Å². The van der Waals surface area contributed by atoms with Gasteiger partial charge in [-0.2, -0.15) is 0 Å². The first-order valence-corrected chi connectivity index (χ1v) is 30.2. The molecule has 26 heteroatoms. The fraction of sp³-hybridized carbons (Fsp3) is 0.313. The largest absolute Gasteiger partial charge is 0.494 e. The number of rotatable bonds is 17. The first kappa shape index (κ1) is 79.0. The molecule has 8 aromatic rings. The van der Waals surface area contributed by atoms with Crippen LogP contribution in [0, 0.1) is 71.9 Å². The Morgan fingerprint density at radius 1 is 0.570 bits per heavy atom. The Hall–Kier alpha value is -8.23. The van der Waals surface area contributed by atoms with E-state index in [1.807, 2.05) is 101 Å². The number of nitro benzene ring substituents is 3. The van der Waals surface area contributed by atoms with Gasteiger partial charge in [0.15, 0.2) is 0 Å². The number of aromatic carboxylic acids is 2. The molecule has 93 heavy (non-hydrogen) atoms. The molecule has 0 saturated carbocycles. The summed E-state index contributed by atoms with van der Waals surface area (Å²) in [6.07, 6.45) is 7.50. The van der Waals surface area contributed by atoms with Crippen molar-refractivity contribution in [3.05, 3.63) is 237 Å². The minimum Gasteiger partial charge on any atom is -0.494 e. The number of aryl methyl sites for hydroxylation is 6. The predicted octanol–water partition coefficient (Wildman–Crippen LogP) is 14.8. The number of likely N-dealkylation sites (tertiary alicyclic amines) is 2. The number of nitrogens with zero attached hydrogens (tertiary/aromatic N) is 7. The Morgan fingerprint density at radius 3 is 1.46 bits per heavy atom. The molecule has 0 radical (unpaired) electrons. The third-order valence-electron chi connectivity index (χ3n) is 14.2. The summed E-state index contributed by atoms with van der Waals surface area (Å²) in [5, 5.41) is 48.9. The van der Waals surface area contributed by atoms with Gasteiger partial charge in [0.05, 0.1) is 55.7 Å². The van der Waals surface area contributed by atoms with Crippen LogP contribution in [0.3, 0.4) is 0 Å². The Balaban J connectivity index is 0.000000303. The van der Waals surface area contributed by atoms with Gasteiger partial charge < -0.3 is 41.0 Å². The number of hydrogen-bond acceptors (Lipinski definition) is 16. The number of benzene rings is 7. The van der Waals surface area contributed by atoms with Gasteiger partial charge in [0.1, 0.15) is 27.7 Å². The summed E-state index contributed by atoms with van der Waals surface area (Å²) in [4.78, 5) is 72.2. The summed E-state index contributed by atoms with van der Waals surface area (Å²) in [5.41, 5.74) is 18.1. The van der Waals surface area contributed by atoms with Gasteiger partial charge >= 0.3 is 11.9 Å². The third kappa shape index (κ3) is 26.4. The summed E-state index contributed by atoms with van der Waals surface area (Å²) in [6, 6.07) is 41.1. The molecule has 0 amide bonds. The minimum absolute atomic E-state index is 0. The second-order valence-corrected chi connectivity index (χ2v) is 22.7. The first-order valence-electron chi connectivity index (χ1n) is 29.3. The summed E-state index contributed by atoms with van der Waals surface area (Å²) in [6.45, 7) is 19.8. The van der Waals surface area contributed by atoms with Crippen molar-refractivity contribution in [1.82, 2.24) is 19.4 Å². The Kier molecular flexibility index (Phi) is 34.0. The number of fused-ring (bicyclic) bond motifs is 1. The maximum Gasteiger partial charge on any atom is 0.342 e. The van der Waals surface area contributed by atoms with Gasteiger partial charge in [0.2, 0.25) is 0 Å². The Labute approximate surface area is 577 Å². The number of ether oxygens (including phenoxy) is 2. The van der Waals surface area contributed by atoms with Gasteiger partial charge in [-0.3, -0.25) is 39.7 Å². The zero-order valence-electron chi connectivity index (χ0n) is 52.5. The maximum absolute atomic E-state index is 13.0. The zero-order chi connectivity index (χ0) is 66.7. The van der Waals surface area contributed by atoms with Crippen molar-refractivity contribution in [2.75, 3.05) is 63.9 Å². The van der Waals surface area contributed by atoms with Gasteiger partial charge in [0.25, 0.3) is 22.6 Å². The molecule has 2 aliphatic rings. The molecule has 0 spiro atoms. The SMILES string of the molecule is Cc1ccc(N)c(C(=O)O)c1.Cc1ccc([N+](=O)[O-])c(C(=O)O)c1.Cc1ccc([N+](=O)[O-])c(C(Cl)Cl)c1.Cc1ccc([N+](=O)[O-])cc1.Cc1ccc2nc(C)n(-c3ccc(OCCCN4CCCC4)cc3)c(=O)c2c1.I.Nc1ccc(OCCCN2CCCC2)cc1.[Fe]. The topological polar surface area (TPSA) is 316 Å². The predicted molar refractivity (Wildman–Crippen MR) is 372 cm³/mol. The van der Waals surface area contributed by atoms with Gasteiger partial charge in [-0.25, -0.2) is 14.6 Å². The smallest absolute Gasteiger partial charge is 0.342 e. The number of halogens is 3. The van der Waals surface area contributed by atoms with Crippen molar-refractivity contribution >= 4 is 98.5 Å². The zero-order valence-corrected chi connectivity index (χ0v) is 57.5. The molecular weight excluding hydrogens is 1390 g/mol. The van der Waals surface area contributed by atoms with E-state index in [9.17, 15) is 44.7 Å². The van der Waals surface area contributed by atoms with E-state index in [0.29, 0.717) is 34.6 Å². The number of nitrogen functional groups attached to an aromatic ring is 2. The van der Waals surface area contributed by atoms with Gasteiger partial charge in [0, 0.05) is 65.8 Å². The number of non-ortho nitro benzene ring substituents is 1. The molecule has 0 bridgehead atoms. The van der Waals surface area contributed by atoms with Crippen LogP contribution in [0.15, 0.2) is 150 Å². The monoisotopic (exact) mass is 1470 g/mol. The molecule has 2 fully saturated rings. The fourth-order valence-electron chi connectivity index (χ4n) is 9.46. The molecule has 2 aliphatic heterocycles. The van der Waals surface area contributed by atoms with Crippen LogP contribution in [0.1, 0.15) is 103 Å². The van der Waals surface area contributed by atoms with E-state index in [1.165, 1.54) is 88.3 Å². The average Bonchev–Trinajstić information content (AvgIpc) is 0.975. The quantitative estimate of drug-likeness (QED) is 0.0125. The molecule has 0 unspecified atom stereocenters. The maximum atomic E-state index is 13.0. The number of carbonyl (C=O) groups is 2. The standard InChI is InChI=1S/C23H27N3O2.C13H20N2O.C8H7Cl2NO2.C8H7NO4.C8H9NO2.C7H7NO2.Fe.HI/c1-17-6-11-22-21(16-17)23(27)26(18(2)24-22)19-7-9-20(10-8-19)28-15-5-14-25-12-3-4-13-25;14-12-4-6-13(7-5-12)16-11-3-10-15-8-1-2-9-15;1-5-2-3-7(11(12)13)6(4-5)8(9)10;1-5-2-3-7(9(12)13)6(4-5)8(10)11;1-5-2-3-7(9)6(4-5)8(10)11;1-6-2-4-7(5-3-6)8(9)10;;/h6-11,16H,3-5,12-15H2,1-2H3;4-7H,1-3,8-11,14H2;2-4,8H,1H3;2-4H,1H3,(H,10,11);2-4H,9H2,1H3,(H,10,11);2-5H,1H3;;1H. The van der Waals surface area contributed by atoms with Crippen molar-refractivity contribution in [2.45, 2.75) is 84.9 Å². The number of aromatic nitrogens is 2. The van der Waals surface area contributed by atoms with Crippen molar-refractivity contribution in [1.29, 1.82) is 0 Å². The molecule has 6 N–H and O–H groups in total. The third-order valence-corrected chi connectivity index (χ3v) is 14.7. The second-order valence-electron chi connectivity index (χ2n) is 21.6. The minimum atomic E-state index is -1.28. The van der Waals surface area contributed by atoms with Gasteiger partial charge in [-0.1, -0.05) is 81.9 Å². The van der Waals surface area contributed by atoms with E-state index < -0.39 is 31.5 Å². The fourth-order valence-corrected chi connectivity index (χ4v) is 9.81. The number of alkyl halides is 2. The first-order chi connectivity index (χ1) is 43.3. The molecule has 0 aliphatic carbocycles. The molecule has 1 aromatic heterocycles. The van der Waals surface area contributed by atoms with Crippen molar-refractivity contribution in [3.8, 4) is 17.2 Å². The Morgan fingerprint density at radius 2 is 1.00 bits per heavy atom. The molecule has 3 heterocycles. The summed E-state index contributed by atoms with van der Waals surface area (Å²) < 4.78 is 13.2. The van der Waals surface area contributed by atoms with Crippen LogP contribution >= 0.6 is 47.2 Å². The Bertz CT molecular complexity index is 3800. The van der Waals surface area contributed by atoms with Crippen LogP contribution in [0.2, 0.25) is 0 Å². The number of anilines is 2.